The number of ether oxygens (including phenoxy) is 4. The largest absolute Gasteiger partial charge is 0.496 e. The molecule has 0 unspecified atom stereocenters. The molecule has 0 bridgehead atoms. The molecule has 6 heteroatoms. The monoisotopic (exact) mass is 386 g/mol. The van der Waals surface area contributed by atoms with Gasteiger partial charge in [-0.05, 0) is 25.0 Å². The quantitative estimate of drug-likeness (QED) is 0.603. The molecule has 0 heterocycles. The maximum absolute atomic E-state index is 11.7. The fourth-order valence-electron chi connectivity index (χ4n) is 3.62. The molecular formula is C22H26O6. The fraction of sp³-hybridized carbons (Fsp3) is 0.364. The highest BCUT2D eigenvalue weighted by Gasteiger charge is 2.25. The zero-order chi connectivity index (χ0) is 20.8. The van der Waals surface area contributed by atoms with E-state index in [0.717, 1.165) is 23.7 Å². The second-order valence-corrected chi connectivity index (χ2v) is 6.06. The van der Waals surface area contributed by atoms with Crippen LogP contribution in [-0.2, 0) is 12.8 Å². The molecule has 28 heavy (non-hydrogen) atoms. The Balaban J connectivity index is 3.02. The lowest BCUT2D eigenvalue weighted by Crippen LogP contribution is -2.05. The van der Waals surface area contributed by atoms with Crippen molar-refractivity contribution in [2.45, 2.75) is 26.7 Å². The van der Waals surface area contributed by atoms with E-state index < -0.39 is 0 Å². The normalized spacial score (nSPS) is 10.4. The van der Waals surface area contributed by atoms with Crippen molar-refractivity contribution in [3.05, 3.63) is 34.4 Å². The standard InChI is InChI=1S/C22H26O6/c1-7-15-19(25-3)13(11-23)9-17(21(15)27-5)18-10-14(12-24)20(26-4)16(8-2)22(18)28-6/h9-12H,7-8H2,1-6H3. The van der Waals surface area contributed by atoms with E-state index in [1.54, 1.807) is 26.4 Å². The highest BCUT2D eigenvalue weighted by Crippen LogP contribution is 2.47. The first kappa shape index (κ1) is 21.3. The van der Waals surface area contributed by atoms with Crippen molar-refractivity contribution >= 4 is 12.6 Å². The Hall–Kier alpha value is -3.02. The molecule has 2 aromatic carbocycles. The summed E-state index contributed by atoms with van der Waals surface area (Å²) in [6, 6.07) is 3.39. The molecule has 0 aromatic heterocycles. The van der Waals surface area contributed by atoms with E-state index in [4.69, 9.17) is 18.9 Å². The maximum atomic E-state index is 11.7. The molecule has 0 aliphatic rings. The topological polar surface area (TPSA) is 71.1 Å². The van der Waals surface area contributed by atoms with E-state index in [-0.39, 0.29) is 0 Å². The van der Waals surface area contributed by atoms with Crippen LogP contribution in [0, 0.1) is 0 Å². The minimum Gasteiger partial charge on any atom is -0.496 e. The molecule has 6 nitrogen and oxygen atoms in total. The summed E-state index contributed by atoms with van der Waals surface area (Å²) in [5, 5.41) is 0. The van der Waals surface area contributed by atoms with Gasteiger partial charge in [0.1, 0.15) is 23.0 Å². The van der Waals surface area contributed by atoms with Crippen molar-refractivity contribution in [1.82, 2.24) is 0 Å². The van der Waals surface area contributed by atoms with Crippen LogP contribution in [0.4, 0.5) is 0 Å². The third-order valence-corrected chi connectivity index (χ3v) is 4.78. The van der Waals surface area contributed by atoms with Crippen molar-refractivity contribution in [2.24, 2.45) is 0 Å². The van der Waals surface area contributed by atoms with Crippen LogP contribution < -0.4 is 18.9 Å². The molecule has 2 aromatic rings. The first-order chi connectivity index (χ1) is 13.6. The zero-order valence-electron chi connectivity index (χ0n) is 17.2. The van der Waals surface area contributed by atoms with Crippen LogP contribution in [0.25, 0.3) is 11.1 Å². The van der Waals surface area contributed by atoms with Gasteiger partial charge in [0.25, 0.3) is 0 Å². The molecule has 0 fully saturated rings. The second-order valence-electron chi connectivity index (χ2n) is 6.06. The molecule has 0 saturated carbocycles. The highest BCUT2D eigenvalue weighted by molar-refractivity contribution is 5.92. The molecule has 150 valence electrons. The average Bonchev–Trinajstić information content (AvgIpc) is 2.75. The molecule has 2 rings (SSSR count). The van der Waals surface area contributed by atoms with E-state index in [2.05, 4.69) is 0 Å². The van der Waals surface area contributed by atoms with E-state index in [1.165, 1.54) is 14.2 Å². The lowest BCUT2D eigenvalue weighted by atomic mass is 9.91. The minimum absolute atomic E-state index is 0.402. The molecule has 0 aliphatic carbocycles. The summed E-state index contributed by atoms with van der Waals surface area (Å²) >= 11 is 0. The van der Waals surface area contributed by atoms with Gasteiger partial charge in [-0.2, -0.15) is 0 Å². The Morgan fingerprint density at radius 1 is 0.643 bits per heavy atom. The third-order valence-electron chi connectivity index (χ3n) is 4.78. The number of hydrogen-bond donors (Lipinski definition) is 0. The van der Waals surface area contributed by atoms with Gasteiger partial charge in [-0.25, -0.2) is 0 Å². The van der Waals surface area contributed by atoms with Gasteiger partial charge in [0.15, 0.2) is 12.6 Å². The van der Waals surface area contributed by atoms with Gasteiger partial charge in [0.2, 0.25) is 0 Å². The molecule has 0 spiro atoms. The van der Waals surface area contributed by atoms with Crippen LogP contribution in [0.2, 0.25) is 0 Å². The molecule has 0 radical (unpaired) electrons. The molecule has 0 atom stereocenters. The summed E-state index contributed by atoms with van der Waals surface area (Å²) in [5.74, 6) is 2.12. The Bertz CT molecular complexity index is 812. The predicted octanol–water partition coefficient (Wildman–Crippen LogP) is 4.14. The second kappa shape index (κ2) is 9.26. The summed E-state index contributed by atoms with van der Waals surface area (Å²) in [6.07, 6.45) is 2.69. The van der Waals surface area contributed by atoms with Crippen LogP contribution in [-0.4, -0.2) is 41.0 Å². The van der Waals surface area contributed by atoms with Crippen molar-refractivity contribution in [2.75, 3.05) is 28.4 Å². The third kappa shape index (κ3) is 3.42. The van der Waals surface area contributed by atoms with Crippen molar-refractivity contribution < 1.29 is 28.5 Å². The summed E-state index contributed by atoms with van der Waals surface area (Å²) in [7, 11) is 6.17. The van der Waals surface area contributed by atoms with Crippen LogP contribution in [0.1, 0.15) is 45.7 Å². The highest BCUT2D eigenvalue weighted by atomic mass is 16.5. The summed E-state index contributed by atoms with van der Waals surface area (Å²) < 4.78 is 22.3. The first-order valence-corrected chi connectivity index (χ1v) is 9.02. The Morgan fingerprint density at radius 3 is 1.18 bits per heavy atom. The number of benzene rings is 2. The van der Waals surface area contributed by atoms with Gasteiger partial charge in [0, 0.05) is 22.3 Å². The van der Waals surface area contributed by atoms with E-state index in [1.807, 2.05) is 13.8 Å². The van der Waals surface area contributed by atoms with Crippen molar-refractivity contribution in [1.29, 1.82) is 0 Å². The lowest BCUT2D eigenvalue weighted by molar-refractivity contribution is 0.111. The molecular weight excluding hydrogens is 360 g/mol. The van der Waals surface area contributed by atoms with Crippen LogP contribution in [0.15, 0.2) is 12.1 Å². The van der Waals surface area contributed by atoms with Gasteiger partial charge in [0.05, 0.1) is 39.6 Å². The van der Waals surface area contributed by atoms with Gasteiger partial charge in [-0.3, -0.25) is 9.59 Å². The molecule has 0 saturated heterocycles. The van der Waals surface area contributed by atoms with E-state index >= 15 is 0 Å². The van der Waals surface area contributed by atoms with Gasteiger partial charge < -0.3 is 18.9 Å². The Morgan fingerprint density at radius 2 is 0.964 bits per heavy atom. The summed E-state index contributed by atoms with van der Waals surface area (Å²) in [4.78, 5) is 23.4. The minimum atomic E-state index is 0.402. The van der Waals surface area contributed by atoms with Gasteiger partial charge in [-0.15, -0.1) is 0 Å². The SMILES string of the molecule is CCc1c(OC)c(C=O)cc(-c2cc(C=O)c(OC)c(CC)c2OC)c1OC. The van der Waals surface area contributed by atoms with Gasteiger partial charge in [-0.1, -0.05) is 13.8 Å². The predicted molar refractivity (Wildman–Crippen MR) is 108 cm³/mol. The molecule has 0 N–H and O–H groups in total. The van der Waals surface area contributed by atoms with Crippen molar-refractivity contribution in [3.8, 4) is 34.1 Å². The fourth-order valence-corrected chi connectivity index (χ4v) is 3.62. The van der Waals surface area contributed by atoms with E-state index in [9.17, 15) is 9.59 Å². The number of methoxy groups -OCH3 is 4. The van der Waals surface area contributed by atoms with Crippen LogP contribution in [0.3, 0.4) is 0 Å². The maximum Gasteiger partial charge on any atom is 0.153 e. The van der Waals surface area contributed by atoms with Crippen molar-refractivity contribution in [3.63, 3.8) is 0 Å². The van der Waals surface area contributed by atoms with Crippen LogP contribution >= 0.6 is 0 Å². The Labute approximate surface area is 165 Å². The number of carbonyl (C=O) groups is 2. The smallest absolute Gasteiger partial charge is 0.153 e. The molecule has 0 amide bonds. The zero-order valence-corrected chi connectivity index (χ0v) is 17.2. The summed E-state index contributed by atoms with van der Waals surface area (Å²) in [5.41, 5.74) is 3.65. The van der Waals surface area contributed by atoms with Gasteiger partial charge >= 0.3 is 0 Å². The number of carbonyl (C=O) groups excluding carboxylic acids is 2. The molecule has 0 aliphatic heterocycles. The number of rotatable bonds is 9. The number of hydrogen-bond acceptors (Lipinski definition) is 6. The summed E-state index contributed by atoms with van der Waals surface area (Å²) in [6.45, 7) is 3.91. The Kier molecular flexibility index (Phi) is 7.04. The number of aldehydes is 2. The lowest BCUT2D eigenvalue weighted by Gasteiger charge is -2.22. The average molecular weight is 386 g/mol. The van der Waals surface area contributed by atoms with Crippen LogP contribution in [0.5, 0.6) is 23.0 Å². The van der Waals surface area contributed by atoms with E-state index in [0.29, 0.717) is 58.1 Å². The first-order valence-electron chi connectivity index (χ1n) is 9.02.